The summed E-state index contributed by atoms with van der Waals surface area (Å²) < 4.78 is 0. The van der Waals surface area contributed by atoms with Gasteiger partial charge in [-0.3, -0.25) is 4.79 Å². The van der Waals surface area contributed by atoms with Crippen molar-refractivity contribution in [1.82, 2.24) is 9.88 Å². The molecular weight excluding hydrogens is 250 g/mol. The lowest BCUT2D eigenvalue weighted by Crippen LogP contribution is -2.44. The molecule has 1 amide bonds. The third-order valence-corrected chi connectivity index (χ3v) is 3.82. The molecule has 2 unspecified atom stereocenters. The first-order valence-corrected chi connectivity index (χ1v) is 6.59. The lowest BCUT2D eigenvalue weighted by molar-refractivity contribution is 0.0588. The number of carbonyl (C=O) groups excluding carboxylic acids is 1. The SMILES string of the molecule is CC1CCN(C(=O)c2cnc(N)c(Cl)c2)C(C)C1. The summed E-state index contributed by atoms with van der Waals surface area (Å²) in [6.07, 6.45) is 3.59. The number of nitrogen functional groups attached to an aromatic ring is 1. The van der Waals surface area contributed by atoms with Gasteiger partial charge in [0.05, 0.1) is 10.6 Å². The average molecular weight is 268 g/mol. The molecule has 4 nitrogen and oxygen atoms in total. The monoisotopic (exact) mass is 267 g/mol. The molecule has 0 aromatic carbocycles. The van der Waals surface area contributed by atoms with E-state index in [4.69, 9.17) is 17.3 Å². The van der Waals surface area contributed by atoms with E-state index in [9.17, 15) is 4.79 Å². The molecule has 0 saturated carbocycles. The Kier molecular flexibility index (Phi) is 3.76. The Morgan fingerprint density at radius 3 is 2.89 bits per heavy atom. The molecule has 0 aliphatic carbocycles. The summed E-state index contributed by atoms with van der Waals surface area (Å²) in [5.74, 6) is 0.925. The Balaban J connectivity index is 2.18. The number of carbonyl (C=O) groups is 1. The molecule has 1 aliphatic heterocycles. The predicted octanol–water partition coefficient (Wildman–Crippen LogP) is 2.58. The molecule has 1 aromatic rings. The van der Waals surface area contributed by atoms with E-state index < -0.39 is 0 Å². The molecule has 2 N–H and O–H groups in total. The number of halogens is 1. The standard InChI is InChI=1S/C13H18ClN3O/c1-8-3-4-17(9(2)5-8)13(18)10-6-11(14)12(15)16-7-10/h6-9H,3-5H2,1-2H3,(H2,15,16). The number of aromatic nitrogens is 1. The smallest absolute Gasteiger partial charge is 0.255 e. The molecular formula is C13H18ClN3O. The topological polar surface area (TPSA) is 59.2 Å². The lowest BCUT2D eigenvalue weighted by atomic mass is 9.93. The number of hydrogen-bond donors (Lipinski definition) is 1. The van der Waals surface area contributed by atoms with E-state index >= 15 is 0 Å². The molecule has 5 heteroatoms. The molecule has 0 bridgehead atoms. The number of piperidine rings is 1. The molecule has 1 fully saturated rings. The van der Waals surface area contributed by atoms with Crippen molar-refractivity contribution in [2.24, 2.45) is 5.92 Å². The van der Waals surface area contributed by atoms with E-state index in [0.29, 0.717) is 16.5 Å². The molecule has 0 radical (unpaired) electrons. The normalized spacial score (nSPS) is 24.1. The molecule has 18 heavy (non-hydrogen) atoms. The van der Waals surface area contributed by atoms with Gasteiger partial charge in [0.1, 0.15) is 5.82 Å². The zero-order valence-electron chi connectivity index (χ0n) is 10.7. The van der Waals surface area contributed by atoms with Crippen LogP contribution < -0.4 is 5.73 Å². The number of nitrogens with two attached hydrogens (primary N) is 1. The van der Waals surface area contributed by atoms with Crippen molar-refractivity contribution in [2.45, 2.75) is 32.7 Å². The van der Waals surface area contributed by atoms with Crippen molar-refractivity contribution in [3.05, 3.63) is 22.8 Å². The minimum atomic E-state index is -0.0104. The van der Waals surface area contributed by atoms with Crippen LogP contribution in [0.3, 0.4) is 0 Å². The second-order valence-electron chi connectivity index (χ2n) is 5.07. The lowest BCUT2D eigenvalue weighted by Gasteiger charge is -2.36. The molecule has 1 saturated heterocycles. The maximum atomic E-state index is 12.4. The van der Waals surface area contributed by atoms with Gasteiger partial charge >= 0.3 is 0 Å². The molecule has 2 heterocycles. The molecule has 2 rings (SSSR count). The van der Waals surface area contributed by atoms with Gasteiger partial charge in [-0.2, -0.15) is 0 Å². The fourth-order valence-corrected chi connectivity index (χ4v) is 2.61. The molecule has 2 atom stereocenters. The highest BCUT2D eigenvalue weighted by Gasteiger charge is 2.27. The van der Waals surface area contributed by atoms with Gasteiger partial charge in [-0.1, -0.05) is 18.5 Å². The van der Waals surface area contributed by atoms with Crippen LogP contribution in [-0.2, 0) is 0 Å². The highest BCUT2D eigenvalue weighted by molar-refractivity contribution is 6.33. The van der Waals surface area contributed by atoms with E-state index in [1.807, 2.05) is 4.90 Å². The number of hydrogen-bond acceptors (Lipinski definition) is 3. The number of rotatable bonds is 1. The van der Waals surface area contributed by atoms with Crippen molar-refractivity contribution in [3.8, 4) is 0 Å². The molecule has 0 spiro atoms. The van der Waals surface area contributed by atoms with E-state index in [2.05, 4.69) is 18.8 Å². The number of likely N-dealkylation sites (tertiary alicyclic amines) is 1. The van der Waals surface area contributed by atoms with Gasteiger partial charge in [-0.15, -0.1) is 0 Å². The van der Waals surface area contributed by atoms with Crippen LogP contribution >= 0.6 is 11.6 Å². The number of amides is 1. The van der Waals surface area contributed by atoms with E-state index in [1.54, 1.807) is 6.07 Å². The highest BCUT2D eigenvalue weighted by atomic mass is 35.5. The van der Waals surface area contributed by atoms with Gasteiger partial charge in [0, 0.05) is 18.8 Å². The van der Waals surface area contributed by atoms with E-state index in [0.717, 1.165) is 19.4 Å². The summed E-state index contributed by atoms with van der Waals surface area (Å²) in [5.41, 5.74) is 6.05. The van der Waals surface area contributed by atoms with Crippen molar-refractivity contribution < 1.29 is 4.79 Å². The fourth-order valence-electron chi connectivity index (χ4n) is 2.44. The Hall–Kier alpha value is -1.29. The van der Waals surface area contributed by atoms with Gasteiger partial charge in [0.15, 0.2) is 0 Å². The Bertz CT molecular complexity index is 464. The van der Waals surface area contributed by atoms with Gasteiger partial charge in [-0.05, 0) is 31.7 Å². The van der Waals surface area contributed by atoms with Gasteiger partial charge < -0.3 is 10.6 Å². The number of nitrogens with zero attached hydrogens (tertiary/aromatic N) is 2. The number of anilines is 1. The maximum Gasteiger partial charge on any atom is 0.255 e. The van der Waals surface area contributed by atoms with Crippen LogP contribution in [0.1, 0.15) is 37.0 Å². The third kappa shape index (κ3) is 2.58. The Morgan fingerprint density at radius 2 is 2.28 bits per heavy atom. The minimum absolute atomic E-state index is 0.0104. The quantitative estimate of drug-likeness (QED) is 0.851. The van der Waals surface area contributed by atoms with Crippen molar-refractivity contribution in [2.75, 3.05) is 12.3 Å². The molecule has 1 aromatic heterocycles. The fraction of sp³-hybridized carbons (Fsp3) is 0.538. The first-order valence-electron chi connectivity index (χ1n) is 6.21. The Morgan fingerprint density at radius 1 is 1.56 bits per heavy atom. The largest absolute Gasteiger partial charge is 0.382 e. The van der Waals surface area contributed by atoms with Crippen LogP contribution in [0.15, 0.2) is 12.3 Å². The second-order valence-corrected chi connectivity index (χ2v) is 5.48. The number of pyridine rings is 1. The van der Waals surface area contributed by atoms with Crippen molar-refractivity contribution in [1.29, 1.82) is 0 Å². The van der Waals surface area contributed by atoms with Crippen LogP contribution in [0.25, 0.3) is 0 Å². The summed E-state index contributed by atoms with van der Waals surface area (Å²) in [5, 5.41) is 0.332. The first kappa shape index (κ1) is 13.1. The zero-order valence-corrected chi connectivity index (χ0v) is 11.4. The zero-order chi connectivity index (χ0) is 13.3. The van der Waals surface area contributed by atoms with Crippen LogP contribution in [-0.4, -0.2) is 28.4 Å². The first-order chi connectivity index (χ1) is 8.49. The highest BCUT2D eigenvalue weighted by Crippen LogP contribution is 2.25. The summed E-state index contributed by atoms with van der Waals surface area (Å²) in [4.78, 5) is 18.2. The van der Waals surface area contributed by atoms with Crippen molar-refractivity contribution >= 4 is 23.3 Å². The van der Waals surface area contributed by atoms with Gasteiger partial charge in [0.25, 0.3) is 5.91 Å². The van der Waals surface area contributed by atoms with Crippen LogP contribution in [0.5, 0.6) is 0 Å². The van der Waals surface area contributed by atoms with Crippen LogP contribution in [0.4, 0.5) is 5.82 Å². The van der Waals surface area contributed by atoms with Gasteiger partial charge in [-0.25, -0.2) is 4.98 Å². The van der Waals surface area contributed by atoms with E-state index in [-0.39, 0.29) is 17.8 Å². The summed E-state index contributed by atoms with van der Waals surface area (Å²) in [7, 11) is 0. The minimum Gasteiger partial charge on any atom is -0.382 e. The summed E-state index contributed by atoms with van der Waals surface area (Å²) >= 11 is 5.90. The average Bonchev–Trinajstić information content (AvgIpc) is 2.32. The predicted molar refractivity (Wildman–Crippen MR) is 72.6 cm³/mol. The van der Waals surface area contributed by atoms with Crippen LogP contribution in [0.2, 0.25) is 5.02 Å². The summed E-state index contributed by atoms with van der Waals surface area (Å²) in [6.45, 7) is 5.10. The van der Waals surface area contributed by atoms with Crippen molar-refractivity contribution in [3.63, 3.8) is 0 Å². The van der Waals surface area contributed by atoms with Crippen LogP contribution in [0, 0.1) is 5.92 Å². The van der Waals surface area contributed by atoms with Gasteiger partial charge in [0.2, 0.25) is 0 Å². The maximum absolute atomic E-state index is 12.4. The summed E-state index contributed by atoms with van der Waals surface area (Å²) in [6, 6.07) is 1.86. The molecule has 1 aliphatic rings. The third-order valence-electron chi connectivity index (χ3n) is 3.52. The van der Waals surface area contributed by atoms with E-state index in [1.165, 1.54) is 6.20 Å². The Labute approximate surface area is 112 Å². The second kappa shape index (κ2) is 5.14. The molecule has 98 valence electrons.